The Hall–Kier alpha value is -2.04. The lowest BCUT2D eigenvalue weighted by molar-refractivity contribution is -0.121. The molecular formula is C17H27N3O2. The lowest BCUT2D eigenvalue weighted by Gasteiger charge is -2.14. The molecule has 22 heavy (non-hydrogen) atoms. The predicted molar refractivity (Wildman–Crippen MR) is 90.1 cm³/mol. The predicted octanol–water partition coefficient (Wildman–Crippen LogP) is 2.54. The molecule has 0 saturated heterocycles. The van der Waals surface area contributed by atoms with Gasteiger partial charge in [-0.15, -0.1) is 0 Å². The Kier molecular flexibility index (Phi) is 8.04. The molecule has 0 unspecified atom stereocenters. The second-order valence-electron chi connectivity index (χ2n) is 5.44. The largest absolute Gasteiger partial charge is 0.388 e. The third-order valence-corrected chi connectivity index (χ3v) is 3.47. The molecule has 0 aliphatic carbocycles. The molecule has 1 atom stereocenters. The zero-order chi connectivity index (χ0) is 16.4. The summed E-state index contributed by atoms with van der Waals surface area (Å²) < 4.78 is 0. The average molecular weight is 305 g/mol. The highest BCUT2D eigenvalue weighted by Gasteiger charge is 2.11. The van der Waals surface area contributed by atoms with E-state index in [4.69, 9.17) is 0 Å². The third kappa shape index (κ3) is 6.61. The number of benzene rings is 1. The standard InChI is InChI=1S/C17H27N3O2/c1-4-5-12-19-16(21)11-6-13(2)20-17(22)14-7-9-15(18-3)10-8-14/h7-10,13,18H,4-6,11-12H2,1-3H3,(H,19,21)(H,20,22)/t13-/m1/s1. The van der Waals surface area contributed by atoms with Crippen molar-refractivity contribution < 1.29 is 9.59 Å². The van der Waals surface area contributed by atoms with E-state index in [9.17, 15) is 9.59 Å². The molecule has 0 bridgehead atoms. The van der Waals surface area contributed by atoms with Gasteiger partial charge >= 0.3 is 0 Å². The van der Waals surface area contributed by atoms with Crippen LogP contribution in [0.3, 0.4) is 0 Å². The summed E-state index contributed by atoms with van der Waals surface area (Å²) in [4.78, 5) is 23.7. The molecule has 0 saturated carbocycles. The smallest absolute Gasteiger partial charge is 0.251 e. The van der Waals surface area contributed by atoms with Gasteiger partial charge in [0.05, 0.1) is 0 Å². The summed E-state index contributed by atoms with van der Waals surface area (Å²) >= 11 is 0. The molecule has 0 aromatic heterocycles. The van der Waals surface area contributed by atoms with E-state index >= 15 is 0 Å². The van der Waals surface area contributed by atoms with Gasteiger partial charge in [-0.2, -0.15) is 0 Å². The van der Waals surface area contributed by atoms with E-state index < -0.39 is 0 Å². The number of anilines is 1. The Morgan fingerprint density at radius 2 is 1.86 bits per heavy atom. The van der Waals surface area contributed by atoms with Crippen LogP contribution in [0.2, 0.25) is 0 Å². The average Bonchev–Trinajstić information content (AvgIpc) is 2.53. The summed E-state index contributed by atoms with van der Waals surface area (Å²) in [6.07, 6.45) is 3.14. The van der Waals surface area contributed by atoms with Crippen molar-refractivity contribution in [2.45, 2.75) is 45.6 Å². The number of carbonyl (C=O) groups excluding carboxylic acids is 2. The number of unbranched alkanes of at least 4 members (excludes halogenated alkanes) is 1. The number of rotatable bonds is 9. The topological polar surface area (TPSA) is 70.2 Å². The van der Waals surface area contributed by atoms with E-state index in [1.54, 1.807) is 12.1 Å². The lowest BCUT2D eigenvalue weighted by atomic mass is 10.1. The molecule has 2 amide bonds. The normalized spacial score (nSPS) is 11.6. The Labute approximate surface area is 132 Å². The molecule has 1 rings (SSSR count). The molecule has 0 aliphatic heterocycles. The maximum absolute atomic E-state index is 12.1. The highest BCUT2D eigenvalue weighted by atomic mass is 16.2. The van der Waals surface area contributed by atoms with Crippen molar-refractivity contribution in [3.05, 3.63) is 29.8 Å². The summed E-state index contributed by atoms with van der Waals surface area (Å²) in [5.41, 5.74) is 1.59. The van der Waals surface area contributed by atoms with Crippen molar-refractivity contribution in [2.24, 2.45) is 0 Å². The molecule has 5 heteroatoms. The van der Waals surface area contributed by atoms with Gasteiger partial charge in [-0.1, -0.05) is 13.3 Å². The van der Waals surface area contributed by atoms with Crippen LogP contribution in [0.25, 0.3) is 0 Å². The Morgan fingerprint density at radius 1 is 1.18 bits per heavy atom. The first-order valence-corrected chi connectivity index (χ1v) is 7.92. The molecule has 0 spiro atoms. The monoisotopic (exact) mass is 305 g/mol. The van der Waals surface area contributed by atoms with E-state index in [0.717, 1.165) is 25.1 Å². The van der Waals surface area contributed by atoms with E-state index in [0.29, 0.717) is 18.4 Å². The van der Waals surface area contributed by atoms with E-state index in [2.05, 4.69) is 22.9 Å². The fourth-order valence-corrected chi connectivity index (χ4v) is 2.01. The highest BCUT2D eigenvalue weighted by Crippen LogP contribution is 2.09. The minimum atomic E-state index is -0.110. The third-order valence-electron chi connectivity index (χ3n) is 3.47. The molecule has 3 N–H and O–H groups in total. The van der Waals surface area contributed by atoms with Crippen molar-refractivity contribution in [2.75, 3.05) is 18.9 Å². The van der Waals surface area contributed by atoms with Gasteiger partial charge in [0.1, 0.15) is 0 Å². The first-order valence-electron chi connectivity index (χ1n) is 7.92. The van der Waals surface area contributed by atoms with Crippen molar-refractivity contribution in [3.63, 3.8) is 0 Å². The SMILES string of the molecule is CCCCNC(=O)CC[C@@H](C)NC(=O)c1ccc(NC)cc1. The zero-order valence-corrected chi connectivity index (χ0v) is 13.7. The molecule has 0 heterocycles. The zero-order valence-electron chi connectivity index (χ0n) is 13.7. The van der Waals surface area contributed by atoms with Crippen molar-refractivity contribution in [1.29, 1.82) is 0 Å². The maximum atomic E-state index is 12.1. The minimum absolute atomic E-state index is 0.0339. The minimum Gasteiger partial charge on any atom is -0.388 e. The fourth-order valence-electron chi connectivity index (χ4n) is 2.01. The second-order valence-corrected chi connectivity index (χ2v) is 5.44. The molecule has 1 aromatic carbocycles. The van der Waals surface area contributed by atoms with Crippen molar-refractivity contribution in [1.82, 2.24) is 10.6 Å². The van der Waals surface area contributed by atoms with Gasteiger partial charge in [0.15, 0.2) is 0 Å². The summed E-state index contributed by atoms with van der Waals surface area (Å²) in [5.74, 6) is -0.0607. The van der Waals surface area contributed by atoms with Gasteiger partial charge in [0.2, 0.25) is 5.91 Å². The van der Waals surface area contributed by atoms with Crippen LogP contribution in [0.15, 0.2) is 24.3 Å². The van der Waals surface area contributed by atoms with Gasteiger partial charge in [-0.3, -0.25) is 9.59 Å². The summed E-state index contributed by atoms with van der Waals surface area (Å²) in [6.45, 7) is 4.74. The second kappa shape index (κ2) is 9.82. The van der Waals surface area contributed by atoms with Crippen LogP contribution in [-0.2, 0) is 4.79 Å². The molecular weight excluding hydrogens is 278 g/mol. The van der Waals surface area contributed by atoms with E-state index in [-0.39, 0.29) is 17.9 Å². The van der Waals surface area contributed by atoms with Gasteiger partial charge < -0.3 is 16.0 Å². The van der Waals surface area contributed by atoms with Crippen LogP contribution in [0.1, 0.15) is 49.9 Å². The quantitative estimate of drug-likeness (QED) is 0.614. The Bertz CT molecular complexity index is 471. The van der Waals surface area contributed by atoms with Crippen molar-refractivity contribution >= 4 is 17.5 Å². The first kappa shape index (κ1) is 18.0. The highest BCUT2D eigenvalue weighted by molar-refractivity contribution is 5.94. The number of carbonyl (C=O) groups is 2. The Morgan fingerprint density at radius 3 is 2.45 bits per heavy atom. The van der Waals surface area contributed by atoms with Crippen LogP contribution < -0.4 is 16.0 Å². The van der Waals surface area contributed by atoms with Crippen LogP contribution >= 0.6 is 0 Å². The van der Waals surface area contributed by atoms with E-state index in [1.807, 2.05) is 26.1 Å². The van der Waals surface area contributed by atoms with Gasteiger partial charge in [-0.25, -0.2) is 0 Å². The lowest BCUT2D eigenvalue weighted by Crippen LogP contribution is -2.34. The Balaban J connectivity index is 2.32. The summed E-state index contributed by atoms with van der Waals surface area (Å²) in [6, 6.07) is 7.26. The number of hydrogen-bond acceptors (Lipinski definition) is 3. The van der Waals surface area contributed by atoms with Gasteiger partial charge in [0.25, 0.3) is 5.91 Å². The molecule has 5 nitrogen and oxygen atoms in total. The number of hydrogen-bond donors (Lipinski definition) is 3. The fraction of sp³-hybridized carbons (Fsp3) is 0.529. The summed E-state index contributed by atoms with van der Waals surface area (Å²) in [5, 5.41) is 8.81. The molecule has 0 fully saturated rings. The van der Waals surface area contributed by atoms with Crippen LogP contribution in [-0.4, -0.2) is 31.4 Å². The van der Waals surface area contributed by atoms with Gasteiger partial charge in [-0.05, 0) is 44.0 Å². The number of amides is 2. The first-order chi connectivity index (χ1) is 10.6. The van der Waals surface area contributed by atoms with Crippen LogP contribution in [0, 0.1) is 0 Å². The molecule has 122 valence electrons. The molecule has 1 aromatic rings. The summed E-state index contributed by atoms with van der Waals surface area (Å²) in [7, 11) is 1.84. The molecule has 0 aliphatic rings. The van der Waals surface area contributed by atoms with Gasteiger partial charge in [0, 0.05) is 37.3 Å². The van der Waals surface area contributed by atoms with Crippen LogP contribution in [0.4, 0.5) is 5.69 Å². The van der Waals surface area contributed by atoms with Crippen LogP contribution in [0.5, 0.6) is 0 Å². The molecule has 0 radical (unpaired) electrons. The number of nitrogens with one attached hydrogen (secondary N) is 3. The van der Waals surface area contributed by atoms with E-state index in [1.165, 1.54) is 0 Å². The maximum Gasteiger partial charge on any atom is 0.251 e. The van der Waals surface area contributed by atoms with Crippen molar-refractivity contribution in [3.8, 4) is 0 Å².